The SMILES string of the molecule is COC1(C=CCOc2ccc3c(-c4ccccc4F)c(CO)c(C(=O)O)cc3c2)CCOCC1. The molecule has 0 spiro atoms. The highest BCUT2D eigenvalue weighted by molar-refractivity contribution is 6.05. The molecule has 3 aromatic carbocycles. The number of halogens is 1. The van der Waals surface area contributed by atoms with E-state index in [9.17, 15) is 19.4 Å². The largest absolute Gasteiger partial charge is 0.490 e. The Labute approximate surface area is 197 Å². The molecule has 1 aliphatic rings. The molecule has 0 radical (unpaired) electrons. The van der Waals surface area contributed by atoms with Gasteiger partial charge in [0.05, 0.1) is 17.8 Å². The zero-order valence-electron chi connectivity index (χ0n) is 18.9. The van der Waals surface area contributed by atoms with Crippen molar-refractivity contribution in [3.05, 3.63) is 77.6 Å². The molecule has 1 saturated heterocycles. The van der Waals surface area contributed by atoms with Crippen LogP contribution in [0.1, 0.15) is 28.8 Å². The van der Waals surface area contributed by atoms with E-state index >= 15 is 0 Å². The lowest BCUT2D eigenvalue weighted by molar-refractivity contribution is -0.0588. The molecule has 4 rings (SSSR count). The van der Waals surface area contributed by atoms with Crippen LogP contribution in [-0.4, -0.2) is 48.7 Å². The van der Waals surface area contributed by atoms with Crippen LogP contribution in [0, 0.1) is 5.82 Å². The number of aromatic carboxylic acids is 1. The van der Waals surface area contributed by atoms with Gasteiger partial charge in [-0.05, 0) is 46.7 Å². The van der Waals surface area contributed by atoms with E-state index in [0.29, 0.717) is 41.9 Å². The zero-order chi connectivity index (χ0) is 24.1. The topological polar surface area (TPSA) is 85.2 Å². The maximum Gasteiger partial charge on any atom is 0.336 e. The van der Waals surface area contributed by atoms with Crippen LogP contribution in [0.25, 0.3) is 21.9 Å². The number of benzene rings is 3. The van der Waals surface area contributed by atoms with E-state index in [2.05, 4.69) is 0 Å². The van der Waals surface area contributed by atoms with Crippen molar-refractivity contribution >= 4 is 16.7 Å². The van der Waals surface area contributed by atoms with Gasteiger partial charge in [0.15, 0.2) is 0 Å². The molecule has 0 aromatic heterocycles. The number of hydrogen-bond donors (Lipinski definition) is 2. The summed E-state index contributed by atoms with van der Waals surface area (Å²) < 4.78 is 31.6. The monoisotopic (exact) mass is 466 g/mol. The highest BCUT2D eigenvalue weighted by atomic mass is 19.1. The number of aliphatic hydroxyl groups excluding tert-OH is 1. The van der Waals surface area contributed by atoms with E-state index in [4.69, 9.17) is 14.2 Å². The second kappa shape index (κ2) is 10.3. The first kappa shape index (κ1) is 23.9. The predicted molar refractivity (Wildman–Crippen MR) is 127 cm³/mol. The molecule has 7 heteroatoms. The number of hydrogen-bond acceptors (Lipinski definition) is 5. The summed E-state index contributed by atoms with van der Waals surface area (Å²) in [6, 6.07) is 12.8. The smallest absolute Gasteiger partial charge is 0.336 e. The average Bonchev–Trinajstić information content (AvgIpc) is 2.86. The fourth-order valence-corrected chi connectivity index (χ4v) is 4.41. The summed E-state index contributed by atoms with van der Waals surface area (Å²) in [5.74, 6) is -1.14. The van der Waals surface area contributed by atoms with E-state index in [1.165, 1.54) is 12.1 Å². The van der Waals surface area contributed by atoms with Crippen LogP contribution in [-0.2, 0) is 16.1 Å². The van der Waals surface area contributed by atoms with Crippen molar-refractivity contribution < 1.29 is 33.6 Å². The first-order valence-electron chi connectivity index (χ1n) is 11.1. The van der Waals surface area contributed by atoms with Crippen LogP contribution in [0.5, 0.6) is 5.75 Å². The number of carboxylic acids is 1. The summed E-state index contributed by atoms with van der Waals surface area (Å²) in [6.07, 6.45) is 5.46. The maximum atomic E-state index is 14.7. The molecule has 1 aliphatic heterocycles. The lowest BCUT2D eigenvalue weighted by atomic mass is 9.89. The number of carbonyl (C=O) groups is 1. The third-order valence-electron chi connectivity index (χ3n) is 6.26. The molecule has 1 fully saturated rings. The number of aliphatic hydroxyl groups is 1. The van der Waals surface area contributed by atoms with Crippen LogP contribution >= 0.6 is 0 Å². The summed E-state index contributed by atoms with van der Waals surface area (Å²) in [5.41, 5.74) is 0.340. The van der Waals surface area contributed by atoms with Crippen molar-refractivity contribution in [3.63, 3.8) is 0 Å². The molecule has 0 saturated carbocycles. The van der Waals surface area contributed by atoms with Crippen LogP contribution in [0.2, 0.25) is 0 Å². The van der Waals surface area contributed by atoms with Crippen LogP contribution in [0.3, 0.4) is 0 Å². The van der Waals surface area contributed by atoms with Crippen molar-refractivity contribution in [2.75, 3.05) is 26.9 Å². The number of methoxy groups -OCH3 is 1. The molecular formula is C27H27FO6. The van der Waals surface area contributed by atoms with Gasteiger partial charge < -0.3 is 24.4 Å². The van der Waals surface area contributed by atoms with Gasteiger partial charge in [-0.25, -0.2) is 9.18 Å². The van der Waals surface area contributed by atoms with E-state index in [-0.39, 0.29) is 22.3 Å². The molecule has 0 unspecified atom stereocenters. The lowest BCUT2D eigenvalue weighted by Crippen LogP contribution is -2.36. The summed E-state index contributed by atoms with van der Waals surface area (Å²) in [4.78, 5) is 11.9. The summed E-state index contributed by atoms with van der Waals surface area (Å²) >= 11 is 0. The number of ether oxygens (including phenoxy) is 3. The minimum absolute atomic E-state index is 0.0770. The molecule has 0 aliphatic carbocycles. The first-order chi connectivity index (χ1) is 16.5. The van der Waals surface area contributed by atoms with Gasteiger partial charge >= 0.3 is 5.97 Å². The fraction of sp³-hybridized carbons (Fsp3) is 0.296. The Kier molecular flexibility index (Phi) is 7.26. The van der Waals surface area contributed by atoms with Gasteiger partial charge in [0.1, 0.15) is 18.2 Å². The average molecular weight is 467 g/mol. The highest BCUT2D eigenvalue weighted by Crippen LogP contribution is 2.37. The van der Waals surface area contributed by atoms with Crippen molar-refractivity contribution in [2.45, 2.75) is 25.0 Å². The normalized spacial score (nSPS) is 15.6. The first-order valence-corrected chi connectivity index (χ1v) is 11.1. The molecule has 0 amide bonds. The molecule has 178 valence electrons. The summed E-state index contributed by atoms with van der Waals surface area (Å²) in [5, 5.41) is 20.9. The van der Waals surface area contributed by atoms with Crippen molar-refractivity contribution in [2.24, 2.45) is 0 Å². The standard InChI is InChI=1S/C27H27FO6/c1-32-27(10-13-33-14-11-27)9-4-12-34-19-7-8-20-18(15-19)16-22(26(30)31)23(17-29)25(20)21-5-2-3-6-24(21)28/h2-9,15-16,29H,10-14,17H2,1H3,(H,30,31). The molecular weight excluding hydrogens is 439 g/mol. The van der Waals surface area contributed by atoms with Crippen LogP contribution < -0.4 is 4.74 Å². The Hall–Kier alpha value is -3.26. The Balaban J connectivity index is 1.68. The Morgan fingerprint density at radius 2 is 1.94 bits per heavy atom. The number of fused-ring (bicyclic) bond motifs is 1. The molecule has 2 N–H and O–H groups in total. The molecule has 0 bridgehead atoms. The highest BCUT2D eigenvalue weighted by Gasteiger charge is 2.29. The van der Waals surface area contributed by atoms with Gasteiger partial charge in [-0.2, -0.15) is 0 Å². The van der Waals surface area contributed by atoms with Crippen molar-refractivity contribution in [1.29, 1.82) is 0 Å². The fourth-order valence-electron chi connectivity index (χ4n) is 4.41. The summed E-state index contributed by atoms with van der Waals surface area (Å²) in [7, 11) is 1.69. The minimum Gasteiger partial charge on any atom is -0.490 e. The van der Waals surface area contributed by atoms with Gasteiger partial charge in [-0.1, -0.05) is 30.3 Å². The number of carboxylic acid groups (broad SMARTS) is 1. The van der Waals surface area contributed by atoms with E-state index in [0.717, 1.165) is 12.8 Å². The van der Waals surface area contributed by atoms with E-state index in [1.807, 2.05) is 12.2 Å². The van der Waals surface area contributed by atoms with Gasteiger partial charge in [0.2, 0.25) is 0 Å². The van der Waals surface area contributed by atoms with Gasteiger partial charge in [-0.3, -0.25) is 0 Å². The van der Waals surface area contributed by atoms with E-state index in [1.54, 1.807) is 43.5 Å². The van der Waals surface area contributed by atoms with Gasteiger partial charge in [0.25, 0.3) is 0 Å². The minimum atomic E-state index is -1.20. The molecule has 0 atom stereocenters. The maximum absolute atomic E-state index is 14.7. The van der Waals surface area contributed by atoms with Crippen molar-refractivity contribution in [1.82, 2.24) is 0 Å². The molecule has 6 nitrogen and oxygen atoms in total. The molecule has 1 heterocycles. The lowest BCUT2D eigenvalue weighted by Gasteiger charge is -2.33. The summed E-state index contributed by atoms with van der Waals surface area (Å²) in [6.45, 7) is 1.07. The van der Waals surface area contributed by atoms with Crippen LogP contribution in [0.15, 0.2) is 60.7 Å². The molecule has 3 aromatic rings. The van der Waals surface area contributed by atoms with Gasteiger partial charge in [0, 0.05) is 44.3 Å². The Bertz CT molecular complexity index is 1210. The molecule has 34 heavy (non-hydrogen) atoms. The third kappa shape index (κ3) is 4.82. The quantitative estimate of drug-likeness (QED) is 0.456. The van der Waals surface area contributed by atoms with Crippen molar-refractivity contribution in [3.8, 4) is 16.9 Å². The predicted octanol–water partition coefficient (Wildman–Crippen LogP) is 4.97. The second-order valence-electron chi connectivity index (χ2n) is 8.20. The third-order valence-corrected chi connectivity index (χ3v) is 6.26. The van der Waals surface area contributed by atoms with Crippen LogP contribution in [0.4, 0.5) is 4.39 Å². The Morgan fingerprint density at radius 3 is 2.62 bits per heavy atom. The zero-order valence-corrected chi connectivity index (χ0v) is 18.9. The number of rotatable bonds is 8. The van der Waals surface area contributed by atoms with E-state index < -0.39 is 18.4 Å². The second-order valence-corrected chi connectivity index (χ2v) is 8.20. The van der Waals surface area contributed by atoms with Gasteiger partial charge in [-0.15, -0.1) is 0 Å². The Morgan fingerprint density at radius 1 is 1.18 bits per heavy atom.